The minimum atomic E-state index is -0.553. The quantitative estimate of drug-likeness (QED) is 0.808. The molecule has 3 fully saturated rings. The predicted molar refractivity (Wildman–Crippen MR) is 112 cm³/mol. The number of hydrogen-bond donors (Lipinski definition) is 1. The molecule has 0 aromatic heterocycles. The van der Waals surface area contributed by atoms with Crippen molar-refractivity contribution < 1.29 is 14.4 Å². The maximum Gasteiger partial charge on any atom is 0.317 e. The summed E-state index contributed by atoms with van der Waals surface area (Å²) >= 11 is 1.81. The first-order valence-electron chi connectivity index (χ1n) is 10.3. The highest BCUT2D eigenvalue weighted by Gasteiger charge is 2.52. The number of nitrogens with one attached hydrogen (secondary N) is 1. The van der Waals surface area contributed by atoms with Gasteiger partial charge in [0, 0.05) is 36.7 Å². The SMILES string of the molecule is CC(C)NC(=O)N1CCN2C(=O)[C@@H]3C[C@H](SCc4ccccc4)CN3C(=O)[C@@H]2C1. The van der Waals surface area contributed by atoms with Crippen LogP contribution in [0.3, 0.4) is 0 Å². The predicted octanol–water partition coefficient (Wildman–Crippen LogP) is 1.53. The zero-order valence-electron chi connectivity index (χ0n) is 16.9. The molecule has 3 aliphatic heterocycles. The van der Waals surface area contributed by atoms with Crippen molar-refractivity contribution in [3.63, 3.8) is 0 Å². The molecular weight excluding hydrogens is 388 g/mol. The van der Waals surface area contributed by atoms with Gasteiger partial charge in [-0.25, -0.2) is 4.79 Å². The van der Waals surface area contributed by atoms with E-state index in [2.05, 4.69) is 17.4 Å². The van der Waals surface area contributed by atoms with Crippen molar-refractivity contribution in [2.24, 2.45) is 0 Å². The van der Waals surface area contributed by atoms with Gasteiger partial charge in [0.25, 0.3) is 0 Å². The third-order valence-electron chi connectivity index (χ3n) is 5.81. The van der Waals surface area contributed by atoms with E-state index in [4.69, 9.17) is 0 Å². The van der Waals surface area contributed by atoms with Crippen LogP contribution in [0.25, 0.3) is 0 Å². The molecule has 7 nitrogen and oxygen atoms in total. The maximum atomic E-state index is 13.2. The van der Waals surface area contributed by atoms with Crippen LogP contribution in [0.1, 0.15) is 25.8 Å². The van der Waals surface area contributed by atoms with Crippen molar-refractivity contribution in [1.82, 2.24) is 20.0 Å². The molecule has 0 bridgehead atoms. The van der Waals surface area contributed by atoms with Crippen molar-refractivity contribution in [2.75, 3.05) is 26.2 Å². The Kier molecular flexibility index (Phi) is 5.72. The minimum absolute atomic E-state index is 0.0144. The second kappa shape index (κ2) is 8.26. The van der Waals surface area contributed by atoms with Crippen LogP contribution < -0.4 is 5.32 Å². The van der Waals surface area contributed by atoms with Crippen molar-refractivity contribution in [1.29, 1.82) is 0 Å². The zero-order chi connectivity index (χ0) is 20.5. The number of amides is 4. The number of thioether (sulfide) groups is 1. The Morgan fingerprint density at radius 3 is 2.52 bits per heavy atom. The molecule has 3 atom stereocenters. The third-order valence-corrected chi connectivity index (χ3v) is 7.12. The van der Waals surface area contributed by atoms with Crippen LogP contribution in [0.5, 0.6) is 0 Å². The summed E-state index contributed by atoms with van der Waals surface area (Å²) < 4.78 is 0. The van der Waals surface area contributed by atoms with Gasteiger partial charge in [0.2, 0.25) is 11.8 Å². The Balaban J connectivity index is 1.40. The molecule has 4 rings (SSSR count). The van der Waals surface area contributed by atoms with E-state index in [1.807, 2.05) is 43.8 Å². The largest absolute Gasteiger partial charge is 0.336 e. The molecule has 0 saturated carbocycles. The second-order valence-corrected chi connectivity index (χ2v) is 9.55. The Morgan fingerprint density at radius 2 is 1.79 bits per heavy atom. The summed E-state index contributed by atoms with van der Waals surface area (Å²) in [7, 11) is 0. The van der Waals surface area contributed by atoms with Crippen LogP contribution in [0.15, 0.2) is 30.3 Å². The molecule has 29 heavy (non-hydrogen) atoms. The zero-order valence-corrected chi connectivity index (χ0v) is 17.7. The Morgan fingerprint density at radius 1 is 1.07 bits per heavy atom. The monoisotopic (exact) mass is 416 g/mol. The molecule has 0 radical (unpaired) electrons. The second-order valence-electron chi connectivity index (χ2n) is 8.26. The van der Waals surface area contributed by atoms with E-state index in [9.17, 15) is 14.4 Å². The number of hydrogen-bond acceptors (Lipinski definition) is 4. The lowest BCUT2D eigenvalue weighted by atomic mass is 10.0. The van der Waals surface area contributed by atoms with Gasteiger partial charge in [-0.3, -0.25) is 9.59 Å². The van der Waals surface area contributed by atoms with E-state index >= 15 is 0 Å². The van der Waals surface area contributed by atoms with Crippen molar-refractivity contribution in [2.45, 2.75) is 49.4 Å². The maximum absolute atomic E-state index is 13.2. The summed E-state index contributed by atoms with van der Waals surface area (Å²) in [4.78, 5) is 43.7. The molecule has 1 N–H and O–H groups in total. The van der Waals surface area contributed by atoms with Gasteiger partial charge in [-0.1, -0.05) is 30.3 Å². The van der Waals surface area contributed by atoms with E-state index in [-0.39, 0.29) is 41.7 Å². The van der Waals surface area contributed by atoms with Crippen molar-refractivity contribution in [3.8, 4) is 0 Å². The van der Waals surface area contributed by atoms with Gasteiger partial charge < -0.3 is 20.0 Å². The lowest BCUT2D eigenvalue weighted by Crippen LogP contribution is -2.69. The first kappa shape index (κ1) is 20.1. The average molecular weight is 417 g/mol. The van der Waals surface area contributed by atoms with Gasteiger partial charge in [-0.2, -0.15) is 11.8 Å². The number of nitrogens with zero attached hydrogens (tertiary/aromatic N) is 3. The molecule has 3 aliphatic rings. The van der Waals surface area contributed by atoms with Gasteiger partial charge >= 0.3 is 6.03 Å². The summed E-state index contributed by atoms with van der Waals surface area (Å²) in [6.07, 6.45) is 0.711. The Labute approximate surface area is 175 Å². The van der Waals surface area contributed by atoms with Crippen LogP contribution in [0.2, 0.25) is 0 Å². The first-order chi connectivity index (χ1) is 13.9. The van der Waals surface area contributed by atoms with Gasteiger partial charge in [0.15, 0.2) is 0 Å². The molecule has 3 heterocycles. The molecule has 4 amide bonds. The number of carbonyl (C=O) groups is 3. The lowest BCUT2D eigenvalue weighted by Gasteiger charge is -2.47. The minimum Gasteiger partial charge on any atom is -0.336 e. The highest BCUT2D eigenvalue weighted by molar-refractivity contribution is 7.99. The molecular formula is C21H28N4O3S. The lowest BCUT2D eigenvalue weighted by molar-refractivity contribution is -0.162. The first-order valence-corrected chi connectivity index (χ1v) is 11.3. The van der Waals surface area contributed by atoms with Crippen LogP contribution in [0, 0.1) is 0 Å². The Bertz CT molecular complexity index is 787. The van der Waals surface area contributed by atoms with Crippen LogP contribution in [-0.4, -0.2) is 82.1 Å². The van der Waals surface area contributed by atoms with Gasteiger partial charge in [-0.15, -0.1) is 0 Å². The Hall–Kier alpha value is -2.22. The molecule has 0 unspecified atom stereocenters. The fraction of sp³-hybridized carbons (Fsp3) is 0.571. The molecule has 8 heteroatoms. The van der Waals surface area contributed by atoms with Crippen LogP contribution >= 0.6 is 11.8 Å². The third kappa shape index (κ3) is 4.08. The molecule has 156 valence electrons. The van der Waals surface area contributed by atoms with Crippen LogP contribution in [-0.2, 0) is 15.3 Å². The molecule has 0 aliphatic carbocycles. The smallest absolute Gasteiger partial charge is 0.317 e. The van der Waals surface area contributed by atoms with Crippen molar-refractivity contribution in [3.05, 3.63) is 35.9 Å². The number of benzene rings is 1. The van der Waals surface area contributed by atoms with E-state index in [1.54, 1.807) is 14.7 Å². The number of piperazine rings is 2. The van der Waals surface area contributed by atoms with E-state index in [1.165, 1.54) is 5.56 Å². The van der Waals surface area contributed by atoms with Gasteiger partial charge in [0.05, 0.1) is 6.54 Å². The van der Waals surface area contributed by atoms with Gasteiger partial charge in [-0.05, 0) is 25.8 Å². The number of rotatable bonds is 4. The van der Waals surface area contributed by atoms with Crippen LogP contribution in [0.4, 0.5) is 4.79 Å². The summed E-state index contributed by atoms with van der Waals surface area (Å²) in [5, 5.41) is 3.13. The highest BCUT2D eigenvalue weighted by atomic mass is 32.2. The molecule has 0 spiro atoms. The molecule has 3 saturated heterocycles. The number of urea groups is 1. The summed E-state index contributed by atoms with van der Waals surface area (Å²) in [5.41, 5.74) is 1.25. The standard InChI is InChI=1S/C21H28N4O3S/c1-14(2)22-21(28)23-8-9-24-18(12-23)20(27)25-11-16(10-17(25)19(24)26)29-13-15-6-4-3-5-7-15/h3-7,14,16-18H,8-13H2,1-2H3,(H,22,28)/t16-,17-,18-/m0/s1. The number of carbonyl (C=O) groups excluding carboxylic acids is 3. The summed E-state index contributed by atoms with van der Waals surface area (Å²) in [6.45, 7) is 5.58. The fourth-order valence-electron chi connectivity index (χ4n) is 4.35. The highest BCUT2D eigenvalue weighted by Crippen LogP contribution is 2.35. The van der Waals surface area contributed by atoms with Crippen molar-refractivity contribution >= 4 is 29.6 Å². The summed E-state index contributed by atoms with van der Waals surface area (Å²) in [5.74, 6) is 0.908. The van der Waals surface area contributed by atoms with E-state index in [0.717, 1.165) is 5.75 Å². The molecule has 1 aromatic rings. The van der Waals surface area contributed by atoms with E-state index in [0.29, 0.717) is 26.1 Å². The molecule has 1 aromatic carbocycles. The average Bonchev–Trinajstić information content (AvgIpc) is 3.15. The topological polar surface area (TPSA) is 73.0 Å². The fourth-order valence-corrected chi connectivity index (χ4v) is 5.55. The summed E-state index contributed by atoms with van der Waals surface area (Å²) in [6, 6.07) is 9.23. The normalized spacial score (nSPS) is 26.6. The van der Waals surface area contributed by atoms with Gasteiger partial charge in [0.1, 0.15) is 12.1 Å². The number of fused-ring (bicyclic) bond motifs is 2. The van der Waals surface area contributed by atoms with E-state index < -0.39 is 6.04 Å².